The van der Waals surface area contributed by atoms with Gasteiger partial charge in [-0.15, -0.1) is 0 Å². The Morgan fingerprint density at radius 1 is 1.12 bits per heavy atom. The molecule has 2 aromatic carbocycles. The monoisotopic (exact) mass is 288 g/mol. The van der Waals surface area contributed by atoms with E-state index in [0.29, 0.717) is 22.7 Å². The van der Waals surface area contributed by atoms with Gasteiger partial charge in [-0.3, -0.25) is 0 Å². The molecule has 0 amide bonds. The average Bonchev–Trinajstić information content (AvgIpc) is 2.74. The van der Waals surface area contributed by atoms with E-state index in [-0.39, 0.29) is 0 Å². The molecule has 0 unspecified atom stereocenters. The number of fused-ring (bicyclic) bond motifs is 1. The first-order chi connectivity index (χ1) is 8.24. The van der Waals surface area contributed by atoms with Gasteiger partial charge in [-0.2, -0.15) is 0 Å². The van der Waals surface area contributed by atoms with Gasteiger partial charge in [0.1, 0.15) is 5.52 Å². The van der Waals surface area contributed by atoms with Crippen LogP contribution in [-0.4, -0.2) is 4.98 Å². The van der Waals surface area contributed by atoms with Crippen molar-refractivity contribution in [2.24, 2.45) is 0 Å². The van der Waals surface area contributed by atoms with Gasteiger partial charge in [0, 0.05) is 10.0 Å². The molecule has 4 heteroatoms. The van der Waals surface area contributed by atoms with Crippen molar-refractivity contribution >= 4 is 32.7 Å². The number of halogens is 1. The van der Waals surface area contributed by atoms with E-state index < -0.39 is 0 Å². The van der Waals surface area contributed by atoms with Crippen LogP contribution in [0.25, 0.3) is 22.6 Å². The first-order valence-corrected chi connectivity index (χ1v) is 5.94. The van der Waals surface area contributed by atoms with Crippen LogP contribution in [0, 0.1) is 0 Å². The molecule has 0 bridgehead atoms. The summed E-state index contributed by atoms with van der Waals surface area (Å²) in [6, 6.07) is 13.3. The number of hydrogen-bond acceptors (Lipinski definition) is 3. The number of para-hydroxylation sites is 1. The van der Waals surface area contributed by atoms with Crippen molar-refractivity contribution in [2.45, 2.75) is 0 Å². The van der Waals surface area contributed by atoms with Crippen LogP contribution in [0.1, 0.15) is 0 Å². The molecule has 2 N–H and O–H groups in total. The average molecular weight is 289 g/mol. The molecule has 84 valence electrons. The lowest BCUT2D eigenvalue weighted by Crippen LogP contribution is -1.85. The molecule has 0 saturated heterocycles. The smallest absolute Gasteiger partial charge is 0.227 e. The zero-order chi connectivity index (χ0) is 11.8. The fraction of sp³-hybridized carbons (Fsp3) is 0. The maximum absolute atomic E-state index is 5.85. The zero-order valence-electron chi connectivity index (χ0n) is 8.85. The minimum atomic E-state index is 0.583. The van der Waals surface area contributed by atoms with Crippen molar-refractivity contribution in [3.05, 3.63) is 46.9 Å². The van der Waals surface area contributed by atoms with Gasteiger partial charge in [-0.05, 0) is 30.3 Å². The molecule has 0 spiro atoms. The molecule has 0 fully saturated rings. The standard InChI is InChI=1S/C13H9BrN2O/c14-9-4-1-3-8(7-9)13-16-12-10(15)5-2-6-11(12)17-13/h1-7H,15H2. The van der Waals surface area contributed by atoms with Crippen LogP contribution in [0.3, 0.4) is 0 Å². The van der Waals surface area contributed by atoms with E-state index in [1.165, 1.54) is 0 Å². The third kappa shape index (κ3) is 1.80. The third-order valence-corrected chi connectivity index (χ3v) is 3.02. The van der Waals surface area contributed by atoms with Crippen molar-refractivity contribution in [2.75, 3.05) is 5.73 Å². The summed E-state index contributed by atoms with van der Waals surface area (Å²) in [4.78, 5) is 4.41. The molecule has 3 rings (SSSR count). The van der Waals surface area contributed by atoms with Crippen molar-refractivity contribution in [3.8, 4) is 11.5 Å². The van der Waals surface area contributed by atoms with Crippen LogP contribution in [0.2, 0.25) is 0 Å². The molecule has 17 heavy (non-hydrogen) atoms. The molecule has 0 aliphatic carbocycles. The highest BCUT2D eigenvalue weighted by atomic mass is 79.9. The number of nitrogens with two attached hydrogens (primary N) is 1. The summed E-state index contributed by atoms with van der Waals surface area (Å²) in [5, 5.41) is 0. The first kappa shape index (κ1) is 10.4. The predicted molar refractivity (Wildman–Crippen MR) is 71.6 cm³/mol. The molecular formula is C13H9BrN2O. The van der Waals surface area contributed by atoms with Crippen LogP contribution >= 0.6 is 15.9 Å². The molecule has 0 saturated carbocycles. The Kier molecular flexibility index (Phi) is 2.37. The second-order valence-electron chi connectivity index (χ2n) is 3.72. The summed E-state index contributed by atoms with van der Waals surface area (Å²) in [5.41, 5.74) is 8.82. The molecule has 0 aliphatic rings. The minimum Gasteiger partial charge on any atom is -0.436 e. The summed E-state index contributed by atoms with van der Waals surface area (Å²) in [5.74, 6) is 0.583. The van der Waals surface area contributed by atoms with Crippen LogP contribution in [0.15, 0.2) is 51.4 Å². The normalized spacial score (nSPS) is 10.9. The van der Waals surface area contributed by atoms with Gasteiger partial charge < -0.3 is 10.2 Å². The Balaban J connectivity index is 2.22. The van der Waals surface area contributed by atoms with Gasteiger partial charge in [-0.25, -0.2) is 4.98 Å². The fourth-order valence-corrected chi connectivity index (χ4v) is 2.11. The minimum absolute atomic E-state index is 0.583. The summed E-state index contributed by atoms with van der Waals surface area (Å²) < 4.78 is 6.67. The molecule has 0 radical (unpaired) electrons. The summed E-state index contributed by atoms with van der Waals surface area (Å²) >= 11 is 3.42. The lowest BCUT2D eigenvalue weighted by molar-refractivity contribution is 0.620. The van der Waals surface area contributed by atoms with E-state index >= 15 is 0 Å². The Hall–Kier alpha value is -1.81. The molecule has 0 aliphatic heterocycles. The van der Waals surface area contributed by atoms with Crippen LogP contribution in [0.5, 0.6) is 0 Å². The Morgan fingerprint density at radius 2 is 1.94 bits per heavy atom. The lowest BCUT2D eigenvalue weighted by atomic mass is 10.2. The predicted octanol–water partition coefficient (Wildman–Crippen LogP) is 3.84. The van der Waals surface area contributed by atoms with Crippen molar-refractivity contribution < 1.29 is 4.42 Å². The Labute approximate surface area is 106 Å². The maximum atomic E-state index is 5.85. The van der Waals surface area contributed by atoms with Crippen LogP contribution < -0.4 is 5.73 Å². The first-order valence-electron chi connectivity index (χ1n) is 5.15. The van der Waals surface area contributed by atoms with Gasteiger partial charge in [0.2, 0.25) is 5.89 Å². The Morgan fingerprint density at radius 3 is 2.71 bits per heavy atom. The topological polar surface area (TPSA) is 52.0 Å². The van der Waals surface area contributed by atoms with Crippen molar-refractivity contribution in [1.29, 1.82) is 0 Å². The second kappa shape index (κ2) is 3.89. The number of aromatic nitrogens is 1. The summed E-state index contributed by atoms with van der Waals surface area (Å²) in [6.45, 7) is 0. The van der Waals surface area contributed by atoms with Gasteiger partial charge in [0.25, 0.3) is 0 Å². The quantitative estimate of drug-likeness (QED) is 0.692. The fourth-order valence-electron chi connectivity index (χ4n) is 1.71. The zero-order valence-corrected chi connectivity index (χ0v) is 10.4. The molecule has 3 aromatic rings. The van der Waals surface area contributed by atoms with Crippen LogP contribution in [0.4, 0.5) is 5.69 Å². The number of hydrogen-bond donors (Lipinski definition) is 1. The SMILES string of the molecule is Nc1cccc2oc(-c3cccc(Br)c3)nc12. The number of nitrogens with zero attached hydrogens (tertiary/aromatic N) is 1. The van der Waals surface area contributed by atoms with Crippen molar-refractivity contribution in [3.63, 3.8) is 0 Å². The van der Waals surface area contributed by atoms with Gasteiger partial charge in [0.15, 0.2) is 5.58 Å². The van der Waals surface area contributed by atoms with E-state index in [4.69, 9.17) is 10.2 Å². The highest BCUT2D eigenvalue weighted by Gasteiger charge is 2.09. The van der Waals surface area contributed by atoms with E-state index in [0.717, 1.165) is 10.0 Å². The molecular weight excluding hydrogens is 280 g/mol. The summed E-state index contributed by atoms with van der Waals surface area (Å²) in [6.07, 6.45) is 0. The van der Waals surface area contributed by atoms with Gasteiger partial charge in [-0.1, -0.05) is 28.1 Å². The van der Waals surface area contributed by atoms with E-state index in [1.807, 2.05) is 42.5 Å². The van der Waals surface area contributed by atoms with Gasteiger partial charge >= 0.3 is 0 Å². The number of oxazole rings is 1. The third-order valence-electron chi connectivity index (χ3n) is 2.52. The van der Waals surface area contributed by atoms with E-state index in [1.54, 1.807) is 0 Å². The van der Waals surface area contributed by atoms with E-state index in [2.05, 4.69) is 20.9 Å². The van der Waals surface area contributed by atoms with E-state index in [9.17, 15) is 0 Å². The number of benzene rings is 2. The molecule has 3 nitrogen and oxygen atoms in total. The largest absolute Gasteiger partial charge is 0.436 e. The molecule has 1 aromatic heterocycles. The second-order valence-corrected chi connectivity index (χ2v) is 4.64. The van der Waals surface area contributed by atoms with Crippen molar-refractivity contribution in [1.82, 2.24) is 4.98 Å². The highest BCUT2D eigenvalue weighted by Crippen LogP contribution is 2.28. The molecule has 0 atom stereocenters. The molecule has 1 heterocycles. The summed E-state index contributed by atoms with van der Waals surface area (Å²) in [7, 11) is 0. The lowest BCUT2D eigenvalue weighted by Gasteiger charge is -1.94. The van der Waals surface area contributed by atoms with Crippen LogP contribution in [-0.2, 0) is 0 Å². The number of rotatable bonds is 1. The Bertz CT molecular complexity index is 691. The highest BCUT2D eigenvalue weighted by molar-refractivity contribution is 9.10. The van der Waals surface area contributed by atoms with Gasteiger partial charge in [0.05, 0.1) is 5.69 Å². The number of nitrogen functional groups attached to an aromatic ring is 1. The number of anilines is 1. The maximum Gasteiger partial charge on any atom is 0.227 e.